The van der Waals surface area contributed by atoms with Gasteiger partial charge >= 0.3 is 0 Å². The highest BCUT2D eigenvalue weighted by molar-refractivity contribution is 7.92. The van der Waals surface area contributed by atoms with E-state index in [1.54, 1.807) is 0 Å². The molecule has 0 aromatic heterocycles. The zero-order valence-corrected chi connectivity index (χ0v) is 10.5. The summed E-state index contributed by atoms with van der Waals surface area (Å²) in [5, 5.41) is 8.41. The summed E-state index contributed by atoms with van der Waals surface area (Å²) in [7, 11) is 1.87. The maximum Gasteiger partial charge on any atom is 0.161 e. The Hall–Kier alpha value is -0.950. The Kier molecular flexibility index (Phi) is 4.49. The van der Waals surface area contributed by atoms with Crippen LogP contribution in [0.15, 0.2) is 18.2 Å². The van der Waals surface area contributed by atoms with Crippen LogP contribution in [0.25, 0.3) is 0 Å². The van der Waals surface area contributed by atoms with Crippen molar-refractivity contribution in [3.05, 3.63) is 23.8 Å². The largest absolute Gasteiger partial charge is 0.486 e. The van der Waals surface area contributed by atoms with Crippen LogP contribution >= 0.6 is 12.2 Å². The second-order valence-electron chi connectivity index (χ2n) is 3.64. The van der Waals surface area contributed by atoms with Gasteiger partial charge in [-0.15, -0.1) is 0 Å². The minimum absolute atomic E-state index is 0.106. The summed E-state index contributed by atoms with van der Waals surface area (Å²) >= 11 is 0.870. The summed E-state index contributed by atoms with van der Waals surface area (Å²) in [6.45, 7) is 1.87. The molecule has 1 atom stereocenters. The van der Waals surface area contributed by atoms with E-state index in [1.165, 1.54) is 0 Å². The van der Waals surface area contributed by atoms with E-state index in [0.29, 0.717) is 19.8 Å². The number of benzene rings is 1. The van der Waals surface area contributed by atoms with Crippen molar-refractivity contribution < 1.29 is 13.7 Å². The zero-order chi connectivity index (χ0) is 12.1. The molecule has 0 aliphatic carbocycles. The van der Waals surface area contributed by atoms with Gasteiger partial charge in [-0.25, -0.2) is 0 Å². The molecular formula is C11H16N2O3S. The van der Waals surface area contributed by atoms with E-state index in [4.69, 9.17) is 18.8 Å². The fourth-order valence-electron chi connectivity index (χ4n) is 1.72. The van der Waals surface area contributed by atoms with E-state index >= 15 is 0 Å². The summed E-state index contributed by atoms with van der Waals surface area (Å²) < 4.78 is 16.4. The summed E-state index contributed by atoms with van der Waals surface area (Å²) in [6.07, 6.45) is -0.106. The maximum absolute atomic E-state index is 5.53. The third-order valence-corrected chi connectivity index (χ3v) is 2.84. The van der Waals surface area contributed by atoms with E-state index in [0.717, 1.165) is 29.3 Å². The Balaban J connectivity index is 2.18. The topological polar surface area (TPSA) is 65.7 Å². The highest BCUT2D eigenvalue weighted by atomic mass is 32.2. The monoisotopic (exact) mass is 256 g/mol. The van der Waals surface area contributed by atoms with Gasteiger partial charge in [-0.3, -0.25) is 9.32 Å². The van der Waals surface area contributed by atoms with Crippen LogP contribution in [0, 0.1) is 0 Å². The molecule has 1 heterocycles. The van der Waals surface area contributed by atoms with Crippen LogP contribution in [-0.4, -0.2) is 26.8 Å². The van der Waals surface area contributed by atoms with Crippen LogP contribution < -0.4 is 19.9 Å². The predicted molar refractivity (Wildman–Crippen MR) is 67.0 cm³/mol. The molecule has 1 aliphatic rings. The van der Waals surface area contributed by atoms with Crippen LogP contribution in [-0.2, 0) is 4.18 Å². The smallest absolute Gasteiger partial charge is 0.161 e. The fraction of sp³-hybridized carbons (Fsp3) is 0.455. The standard InChI is InChI=1S/C11H16N2O3S/c1-13-7-11(16-17-12)8-2-3-9-10(6-8)15-5-4-14-9/h2-3,6,11,13H,4-5,7,12H2,1H3. The Morgan fingerprint density at radius 2 is 2.18 bits per heavy atom. The van der Waals surface area contributed by atoms with E-state index in [2.05, 4.69) is 5.32 Å². The Morgan fingerprint density at radius 3 is 2.88 bits per heavy atom. The first-order chi connectivity index (χ1) is 8.35. The maximum atomic E-state index is 5.53. The molecule has 3 N–H and O–H groups in total. The number of ether oxygens (including phenoxy) is 2. The lowest BCUT2D eigenvalue weighted by atomic mass is 10.1. The van der Waals surface area contributed by atoms with Crippen LogP contribution in [0.4, 0.5) is 0 Å². The molecule has 0 saturated heterocycles. The van der Waals surface area contributed by atoms with Gasteiger partial charge < -0.3 is 14.8 Å². The number of nitrogens with two attached hydrogens (primary N) is 1. The highest BCUT2D eigenvalue weighted by Gasteiger charge is 2.17. The quantitative estimate of drug-likeness (QED) is 0.610. The van der Waals surface area contributed by atoms with Crippen molar-refractivity contribution in [2.45, 2.75) is 6.10 Å². The van der Waals surface area contributed by atoms with Crippen LogP contribution in [0.2, 0.25) is 0 Å². The molecule has 94 valence electrons. The van der Waals surface area contributed by atoms with Crippen molar-refractivity contribution in [3.63, 3.8) is 0 Å². The van der Waals surface area contributed by atoms with Crippen molar-refractivity contribution in [2.75, 3.05) is 26.8 Å². The van der Waals surface area contributed by atoms with E-state index in [-0.39, 0.29) is 6.10 Å². The summed E-state index contributed by atoms with van der Waals surface area (Å²) in [6, 6.07) is 5.80. The SMILES string of the molecule is CNCC(OSN)c1ccc2c(c1)OCCO2. The molecule has 0 spiro atoms. The van der Waals surface area contributed by atoms with Gasteiger partial charge in [-0.05, 0) is 24.7 Å². The summed E-state index contributed by atoms with van der Waals surface area (Å²) in [4.78, 5) is 0. The van der Waals surface area contributed by atoms with Crippen molar-refractivity contribution in [3.8, 4) is 11.5 Å². The molecule has 0 saturated carbocycles. The first kappa shape index (κ1) is 12.5. The second kappa shape index (κ2) is 6.11. The van der Waals surface area contributed by atoms with Gasteiger partial charge in [0.1, 0.15) is 19.3 Å². The number of hydrogen-bond donors (Lipinski definition) is 2. The molecule has 1 aromatic carbocycles. The molecule has 1 unspecified atom stereocenters. The third kappa shape index (κ3) is 3.04. The van der Waals surface area contributed by atoms with Gasteiger partial charge in [-0.1, -0.05) is 6.07 Å². The van der Waals surface area contributed by atoms with Gasteiger partial charge in [0.2, 0.25) is 0 Å². The van der Waals surface area contributed by atoms with Gasteiger partial charge in [0.05, 0.1) is 12.2 Å². The second-order valence-corrected chi connectivity index (χ2v) is 4.03. The van der Waals surface area contributed by atoms with Gasteiger partial charge in [0.25, 0.3) is 0 Å². The Morgan fingerprint density at radius 1 is 1.41 bits per heavy atom. The van der Waals surface area contributed by atoms with Crippen molar-refractivity contribution in [1.82, 2.24) is 5.32 Å². The van der Waals surface area contributed by atoms with E-state index in [9.17, 15) is 0 Å². The van der Waals surface area contributed by atoms with Gasteiger partial charge in [0.15, 0.2) is 11.5 Å². The molecule has 1 aromatic rings. The van der Waals surface area contributed by atoms with E-state index in [1.807, 2.05) is 25.2 Å². The minimum atomic E-state index is -0.106. The lowest BCUT2D eigenvalue weighted by Crippen LogP contribution is -2.19. The Labute approximate surface area is 105 Å². The molecule has 0 bridgehead atoms. The van der Waals surface area contributed by atoms with Crippen molar-refractivity contribution in [2.24, 2.45) is 5.14 Å². The van der Waals surface area contributed by atoms with Crippen LogP contribution in [0.5, 0.6) is 11.5 Å². The number of nitrogens with one attached hydrogen (secondary N) is 1. The third-order valence-electron chi connectivity index (χ3n) is 2.50. The van der Waals surface area contributed by atoms with Crippen LogP contribution in [0.1, 0.15) is 11.7 Å². The molecule has 0 amide bonds. The average Bonchev–Trinajstić information content (AvgIpc) is 2.38. The van der Waals surface area contributed by atoms with Crippen molar-refractivity contribution >= 4 is 12.2 Å². The zero-order valence-electron chi connectivity index (χ0n) is 9.64. The fourth-order valence-corrected chi connectivity index (χ4v) is 2.03. The number of fused-ring (bicyclic) bond motifs is 1. The first-order valence-corrected chi connectivity index (χ1v) is 6.22. The van der Waals surface area contributed by atoms with Gasteiger partial charge in [-0.2, -0.15) is 0 Å². The molecule has 1 aliphatic heterocycles. The minimum Gasteiger partial charge on any atom is -0.486 e. The molecule has 17 heavy (non-hydrogen) atoms. The first-order valence-electron chi connectivity index (χ1n) is 5.41. The molecular weight excluding hydrogens is 240 g/mol. The normalized spacial score (nSPS) is 15.6. The lowest BCUT2D eigenvalue weighted by molar-refractivity contribution is 0.170. The average molecular weight is 256 g/mol. The predicted octanol–water partition coefficient (Wildman–Crippen LogP) is 1.26. The molecule has 2 rings (SSSR count). The molecule has 0 radical (unpaired) electrons. The summed E-state index contributed by atoms with van der Waals surface area (Å²) in [5.41, 5.74) is 1.02. The van der Waals surface area contributed by atoms with Crippen molar-refractivity contribution in [1.29, 1.82) is 0 Å². The molecule has 5 nitrogen and oxygen atoms in total. The van der Waals surface area contributed by atoms with E-state index < -0.39 is 0 Å². The summed E-state index contributed by atoms with van der Waals surface area (Å²) in [5.74, 6) is 1.55. The number of rotatable bonds is 5. The number of likely N-dealkylation sites (N-methyl/N-ethyl adjacent to an activating group) is 1. The molecule has 6 heteroatoms. The van der Waals surface area contributed by atoms with Gasteiger partial charge in [0, 0.05) is 6.54 Å². The number of hydrogen-bond acceptors (Lipinski definition) is 6. The molecule has 0 fully saturated rings. The highest BCUT2D eigenvalue weighted by Crippen LogP contribution is 2.33. The van der Waals surface area contributed by atoms with Crippen LogP contribution in [0.3, 0.4) is 0 Å². The Bertz CT molecular complexity index is 370. The lowest BCUT2D eigenvalue weighted by Gasteiger charge is -2.21.